The summed E-state index contributed by atoms with van der Waals surface area (Å²) >= 11 is 0. The zero-order valence-corrected chi connectivity index (χ0v) is 12.3. The van der Waals surface area contributed by atoms with E-state index in [1.807, 2.05) is 32.0 Å². The summed E-state index contributed by atoms with van der Waals surface area (Å²) in [7, 11) is 0. The van der Waals surface area contributed by atoms with E-state index in [9.17, 15) is 9.59 Å². The van der Waals surface area contributed by atoms with Crippen molar-refractivity contribution in [2.24, 2.45) is 11.7 Å². The Hall–Kier alpha value is -2.32. The van der Waals surface area contributed by atoms with Crippen molar-refractivity contribution >= 4 is 17.5 Å². The Bertz CT molecular complexity index is 547. The van der Waals surface area contributed by atoms with Crippen LogP contribution in [-0.4, -0.2) is 17.9 Å². The summed E-state index contributed by atoms with van der Waals surface area (Å²) in [5.41, 5.74) is 7.18. The van der Waals surface area contributed by atoms with Crippen LogP contribution in [0.4, 0.5) is 5.69 Å². The van der Waals surface area contributed by atoms with Crippen LogP contribution in [0.1, 0.15) is 25.8 Å². The highest BCUT2D eigenvalue weighted by molar-refractivity contribution is 5.92. The minimum Gasteiger partial charge on any atom is -0.351 e. The van der Waals surface area contributed by atoms with Crippen molar-refractivity contribution in [3.05, 3.63) is 29.8 Å². The van der Waals surface area contributed by atoms with Gasteiger partial charge >= 0.3 is 0 Å². The molecule has 2 amide bonds. The molecule has 1 aromatic carbocycles. The fraction of sp³-hybridized carbons (Fsp3) is 0.375. The van der Waals surface area contributed by atoms with E-state index in [0.717, 1.165) is 5.56 Å². The number of nitrogens with one attached hydrogen (secondary N) is 2. The van der Waals surface area contributed by atoms with Gasteiger partial charge in [0, 0.05) is 24.6 Å². The molecule has 0 radical (unpaired) electrons. The first-order valence-electron chi connectivity index (χ1n) is 6.80. The first kappa shape index (κ1) is 16.7. The maximum Gasteiger partial charge on any atom is 0.238 e. The van der Waals surface area contributed by atoms with E-state index < -0.39 is 6.04 Å². The quantitative estimate of drug-likeness (QED) is 0.688. The molecule has 0 saturated heterocycles. The summed E-state index contributed by atoms with van der Waals surface area (Å²) in [5, 5.41) is 5.52. The van der Waals surface area contributed by atoms with Crippen molar-refractivity contribution in [1.29, 1.82) is 0 Å². The molecule has 0 heterocycles. The second kappa shape index (κ2) is 8.08. The number of terminal acetylenes is 1. The predicted molar refractivity (Wildman–Crippen MR) is 83.2 cm³/mol. The summed E-state index contributed by atoms with van der Waals surface area (Å²) in [6.45, 7) is 3.99. The number of hydrogen-bond donors (Lipinski definition) is 3. The van der Waals surface area contributed by atoms with Crippen molar-refractivity contribution in [3.63, 3.8) is 0 Å². The molecule has 0 aliphatic rings. The molecule has 1 aromatic rings. The molecule has 0 aromatic heterocycles. The number of hydrogen-bond acceptors (Lipinski definition) is 3. The van der Waals surface area contributed by atoms with Crippen molar-refractivity contribution in [1.82, 2.24) is 5.32 Å². The smallest absolute Gasteiger partial charge is 0.238 e. The lowest BCUT2D eigenvalue weighted by Gasteiger charge is -2.11. The van der Waals surface area contributed by atoms with E-state index in [4.69, 9.17) is 12.2 Å². The number of carbonyl (C=O) groups excluding carboxylic acids is 2. The molecule has 0 fully saturated rings. The van der Waals surface area contributed by atoms with Crippen LogP contribution in [0, 0.1) is 18.3 Å². The Kier molecular flexibility index (Phi) is 6.44. The number of carbonyl (C=O) groups is 2. The Labute approximate surface area is 125 Å². The maximum absolute atomic E-state index is 11.7. The van der Waals surface area contributed by atoms with E-state index in [0.29, 0.717) is 12.2 Å². The van der Waals surface area contributed by atoms with Gasteiger partial charge in [-0.05, 0) is 17.7 Å². The minimum absolute atomic E-state index is 0.0489. The van der Waals surface area contributed by atoms with Crippen LogP contribution in [0.5, 0.6) is 0 Å². The van der Waals surface area contributed by atoms with Gasteiger partial charge in [-0.3, -0.25) is 9.59 Å². The van der Waals surface area contributed by atoms with Crippen molar-refractivity contribution in [2.45, 2.75) is 32.9 Å². The molecule has 1 unspecified atom stereocenters. The fourth-order valence-electron chi connectivity index (χ4n) is 1.59. The van der Waals surface area contributed by atoms with Gasteiger partial charge < -0.3 is 16.4 Å². The molecule has 5 nitrogen and oxygen atoms in total. The average Bonchev–Trinajstić information content (AvgIpc) is 2.45. The highest BCUT2D eigenvalue weighted by Gasteiger charge is 2.11. The lowest BCUT2D eigenvalue weighted by Crippen LogP contribution is -2.39. The summed E-state index contributed by atoms with van der Waals surface area (Å²) < 4.78 is 0. The molecule has 0 aliphatic heterocycles. The van der Waals surface area contributed by atoms with Crippen LogP contribution in [0.15, 0.2) is 24.3 Å². The van der Waals surface area contributed by atoms with E-state index in [1.54, 1.807) is 6.07 Å². The molecule has 0 bridgehead atoms. The largest absolute Gasteiger partial charge is 0.351 e. The molecular weight excluding hydrogens is 266 g/mol. The summed E-state index contributed by atoms with van der Waals surface area (Å²) in [5.74, 6) is 1.93. The average molecular weight is 287 g/mol. The first-order valence-corrected chi connectivity index (χ1v) is 6.80. The lowest BCUT2D eigenvalue weighted by atomic mass is 10.1. The zero-order valence-electron chi connectivity index (χ0n) is 12.3. The van der Waals surface area contributed by atoms with Crippen LogP contribution in [0.25, 0.3) is 0 Å². The van der Waals surface area contributed by atoms with Gasteiger partial charge in [0.15, 0.2) is 0 Å². The van der Waals surface area contributed by atoms with Crippen LogP contribution in [0.2, 0.25) is 0 Å². The second-order valence-electron chi connectivity index (χ2n) is 5.08. The van der Waals surface area contributed by atoms with Gasteiger partial charge in [0.2, 0.25) is 11.8 Å². The third-order valence-electron chi connectivity index (χ3n) is 2.86. The SMILES string of the molecule is C#CCC(N)C(=O)NCc1cccc(NC(=O)C(C)C)c1. The number of rotatable bonds is 6. The topological polar surface area (TPSA) is 84.2 Å². The molecule has 21 heavy (non-hydrogen) atoms. The highest BCUT2D eigenvalue weighted by Crippen LogP contribution is 2.12. The van der Waals surface area contributed by atoms with E-state index in [1.165, 1.54) is 0 Å². The van der Waals surface area contributed by atoms with Gasteiger partial charge in [-0.2, -0.15) is 0 Å². The fourth-order valence-corrected chi connectivity index (χ4v) is 1.59. The zero-order chi connectivity index (χ0) is 15.8. The molecule has 0 saturated carbocycles. The molecule has 0 spiro atoms. The Balaban J connectivity index is 2.59. The van der Waals surface area contributed by atoms with Crippen molar-refractivity contribution in [3.8, 4) is 12.3 Å². The van der Waals surface area contributed by atoms with E-state index >= 15 is 0 Å². The molecule has 5 heteroatoms. The first-order chi connectivity index (χ1) is 9.93. The Morgan fingerprint density at radius 1 is 1.33 bits per heavy atom. The molecule has 112 valence electrons. The van der Waals surface area contributed by atoms with Gasteiger partial charge in [0.1, 0.15) is 0 Å². The van der Waals surface area contributed by atoms with Crippen LogP contribution in [0.3, 0.4) is 0 Å². The second-order valence-corrected chi connectivity index (χ2v) is 5.08. The Morgan fingerprint density at radius 3 is 2.67 bits per heavy atom. The van der Waals surface area contributed by atoms with E-state index in [2.05, 4.69) is 16.6 Å². The normalized spacial score (nSPS) is 11.6. The van der Waals surface area contributed by atoms with Crippen molar-refractivity contribution in [2.75, 3.05) is 5.32 Å². The number of nitrogens with two attached hydrogens (primary N) is 1. The predicted octanol–water partition coefficient (Wildman–Crippen LogP) is 1.25. The monoisotopic (exact) mass is 287 g/mol. The lowest BCUT2D eigenvalue weighted by molar-refractivity contribution is -0.122. The van der Waals surface area contributed by atoms with Crippen LogP contribution < -0.4 is 16.4 Å². The number of benzene rings is 1. The van der Waals surface area contributed by atoms with Gasteiger partial charge in [-0.1, -0.05) is 26.0 Å². The van der Waals surface area contributed by atoms with Gasteiger partial charge in [0.05, 0.1) is 6.04 Å². The highest BCUT2D eigenvalue weighted by atomic mass is 16.2. The number of anilines is 1. The number of amides is 2. The van der Waals surface area contributed by atoms with Gasteiger partial charge in [-0.25, -0.2) is 0 Å². The van der Waals surface area contributed by atoms with Crippen LogP contribution >= 0.6 is 0 Å². The third kappa shape index (κ3) is 5.67. The molecule has 1 rings (SSSR count). The summed E-state index contributed by atoms with van der Waals surface area (Å²) in [6.07, 6.45) is 5.32. The van der Waals surface area contributed by atoms with Gasteiger partial charge in [-0.15, -0.1) is 12.3 Å². The van der Waals surface area contributed by atoms with E-state index in [-0.39, 0.29) is 24.2 Å². The molecule has 1 atom stereocenters. The summed E-state index contributed by atoms with van der Waals surface area (Å²) in [4.78, 5) is 23.3. The molecule has 0 aliphatic carbocycles. The standard InChI is InChI=1S/C16H21N3O2/c1-4-6-14(17)16(21)18-10-12-7-5-8-13(9-12)19-15(20)11(2)3/h1,5,7-9,11,14H,6,10,17H2,2-3H3,(H,18,21)(H,19,20). The Morgan fingerprint density at radius 2 is 2.05 bits per heavy atom. The maximum atomic E-state index is 11.7. The molecular formula is C16H21N3O2. The summed E-state index contributed by atoms with van der Waals surface area (Å²) in [6, 6.07) is 6.60. The van der Waals surface area contributed by atoms with Crippen molar-refractivity contribution < 1.29 is 9.59 Å². The third-order valence-corrected chi connectivity index (χ3v) is 2.86. The van der Waals surface area contributed by atoms with Crippen LogP contribution in [-0.2, 0) is 16.1 Å². The minimum atomic E-state index is -0.696. The van der Waals surface area contributed by atoms with Gasteiger partial charge in [0.25, 0.3) is 0 Å². The molecule has 4 N–H and O–H groups in total.